The molecule has 0 aromatic carbocycles. The van der Waals surface area contributed by atoms with Crippen molar-refractivity contribution in [3.8, 4) is 0 Å². The fourth-order valence-electron chi connectivity index (χ4n) is 2.45. The van der Waals surface area contributed by atoms with Crippen LogP contribution >= 0.6 is 11.3 Å². The first-order valence-corrected chi connectivity index (χ1v) is 8.28. The third-order valence-electron chi connectivity index (χ3n) is 3.80. The predicted molar refractivity (Wildman–Crippen MR) is 87.6 cm³/mol. The molecule has 0 aliphatic carbocycles. The van der Waals surface area contributed by atoms with E-state index in [1.807, 2.05) is 17.5 Å². The van der Waals surface area contributed by atoms with E-state index in [9.17, 15) is 0 Å². The van der Waals surface area contributed by atoms with Gasteiger partial charge in [0.15, 0.2) is 5.13 Å². The maximum absolute atomic E-state index is 4.60. The summed E-state index contributed by atoms with van der Waals surface area (Å²) in [6.07, 6.45) is 4.50. The monoisotopic (exact) mass is 296 g/mol. The zero-order chi connectivity index (χ0) is 14.8. The van der Waals surface area contributed by atoms with Crippen LogP contribution in [0.2, 0.25) is 0 Å². The summed E-state index contributed by atoms with van der Waals surface area (Å²) in [7, 11) is 4.36. The Kier molecular flexibility index (Phi) is 5.04. The molecule has 5 heteroatoms. The molecule has 0 radical (unpaired) electrons. The van der Waals surface area contributed by atoms with E-state index in [-0.39, 0.29) is 5.54 Å². The van der Waals surface area contributed by atoms with Crippen LogP contribution in [-0.2, 0) is 6.54 Å². The Morgan fingerprint density at radius 1 is 1.35 bits per heavy atom. The van der Waals surface area contributed by atoms with Gasteiger partial charge in [0, 0.05) is 42.3 Å². The molecule has 0 unspecified atom stereocenters. The largest absolute Gasteiger partial charge is 0.348 e. The number of anilines is 1. The van der Waals surface area contributed by atoms with Gasteiger partial charge in [0.2, 0.25) is 0 Å². The summed E-state index contributed by atoms with van der Waals surface area (Å²) in [6, 6.07) is 0.730. The predicted octanol–water partition coefficient (Wildman–Crippen LogP) is 2.56. The van der Waals surface area contributed by atoms with Crippen LogP contribution in [0, 0.1) is 0 Å². The number of aromatic nitrogens is 1. The van der Waals surface area contributed by atoms with Crippen LogP contribution in [0.5, 0.6) is 0 Å². The van der Waals surface area contributed by atoms with Crippen molar-refractivity contribution in [2.75, 3.05) is 32.1 Å². The van der Waals surface area contributed by atoms with Crippen molar-refractivity contribution in [1.82, 2.24) is 15.2 Å². The van der Waals surface area contributed by atoms with E-state index in [4.69, 9.17) is 0 Å². The quantitative estimate of drug-likeness (QED) is 0.925. The molecule has 4 nitrogen and oxygen atoms in total. The number of thiazole rings is 1. The molecule has 1 aliphatic heterocycles. The summed E-state index contributed by atoms with van der Waals surface area (Å²) in [5.74, 6) is 0. The van der Waals surface area contributed by atoms with E-state index in [1.165, 1.54) is 22.9 Å². The number of piperidine rings is 1. The van der Waals surface area contributed by atoms with Gasteiger partial charge in [-0.05, 0) is 47.7 Å². The first kappa shape index (κ1) is 15.7. The van der Waals surface area contributed by atoms with Crippen molar-refractivity contribution < 1.29 is 0 Å². The molecule has 1 saturated heterocycles. The van der Waals surface area contributed by atoms with Crippen molar-refractivity contribution in [1.29, 1.82) is 0 Å². The van der Waals surface area contributed by atoms with Gasteiger partial charge < -0.3 is 15.1 Å². The average Bonchev–Trinajstić information content (AvgIpc) is 2.84. The molecule has 1 N–H and O–H groups in total. The SMILES string of the molecule is CN(C)C1CCN(c2ncc(CNC(C)(C)C)s2)CC1. The van der Waals surface area contributed by atoms with Crippen molar-refractivity contribution >= 4 is 16.5 Å². The molecule has 0 atom stereocenters. The van der Waals surface area contributed by atoms with Crippen LogP contribution in [0.25, 0.3) is 0 Å². The highest BCUT2D eigenvalue weighted by Crippen LogP contribution is 2.26. The molecule has 0 amide bonds. The number of hydrogen-bond donors (Lipinski definition) is 1. The molecule has 2 rings (SSSR count). The summed E-state index contributed by atoms with van der Waals surface area (Å²) in [5.41, 5.74) is 0.161. The number of nitrogens with one attached hydrogen (secondary N) is 1. The van der Waals surface area contributed by atoms with E-state index in [2.05, 4.69) is 55.0 Å². The molecule has 0 bridgehead atoms. The van der Waals surface area contributed by atoms with Crippen LogP contribution < -0.4 is 10.2 Å². The molecular weight excluding hydrogens is 268 g/mol. The Morgan fingerprint density at radius 3 is 2.55 bits per heavy atom. The summed E-state index contributed by atoms with van der Waals surface area (Å²) in [5, 5.41) is 4.71. The van der Waals surface area contributed by atoms with Gasteiger partial charge in [-0.15, -0.1) is 11.3 Å². The molecule has 0 saturated carbocycles. The smallest absolute Gasteiger partial charge is 0.185 e. The topological polar surface area (TPSA) is 31.4 Å². The van der Waals surface area contributed by atoms with Crippen molar-refractivity contribution in [2.45, 2.75) is 51.7 Å². The first-order chi connectivity index (χ1) is 9.35. The molecule has 1 aliphatic rings. The van der Waals surface area contributed by atoms with E-state index in [0.29, 0.717) is 0 Å². The van der Waals surface area contributed by atoms with Gasteiger partial charge >= 0.3 is 0 Å². The molecule has 2 heterocycles. The zero-order valence-electron chi connectivity index (χ0n) is 13.4. The molecule has 1 aromatic rings. The number of nitrogens with zero attached hydrogens (tertiary/aromatic N) is 3. The Bertz CT molecular complexity index is 414. The second kappa shape index (κ2) is 6.41. The number of rotatable bonds is 4. The third-order valence-corrected chi connectivity index (χ3v) is 4.86. The highest BCUT2D eigenvalue weighted by atomic mass is 32.1. The number of hydrogen-bond acceptors (Lipinski definition) is 5. The fourth-order valence-corrected chi connectivity index (χ4v) is 3.35. The highest BCUT2D eigenvalue weighted by molar-refractivity contribution is 7.15. The molecule has 1 aromatic heterocycles. The highest BCUT2D eigenvalue weighted by Gasteiger charge is 2.22. The normalized spacial score (nSPS) is 18.0. The summed E-state index contributed by atoms with van der Waals surface area (Å²) in [6.45, 7) is 9.75. The van der Waals surface area contributed by atoms with Gasteiger partial charge in [-0.3, -0.25) is 0 Å². The minimum atomic E-state index is 0.161. The van der Waals surface area contributed by atoms with E-state index in [0.717, 1.165) is 25.7 Å². The van der Waals surface area contributed by atoms with E-state index in [1.54, 1.807) is 0 Å². The van der Waals surface area contributed by atoms with Crippen LogP contribution in [0.15, 0.2) is 6.20 Å². The van der Waals surface area contributed by atoms with Crippen LogP contribution in [0.3, 0.4) is 0 Å². The lowest BCUT2D eigenvalue weighted by atomic mass is 10.0. The molecule has 0 spiro atoms. The summed E-state index contributed by atoms with van der Waals surface area (Å²) < 4.78 is 0. The lowest BCUT2D eigenvalue weighted by molar-refractivity contribution is 0.249. The summed E-state index contributed by atoms with van der Waals surface area (Å²) in [4.78, 5) is 10.7. The van der Waals surface area contributed by atoms with Gasteiger partial charge in [-0.25, -0.2) is 4.98 Å². The Morgan fingerprint density at radius 2 is 2.00 bits per heavy atom. The molecule has 1 fully saturated rings. The van der Waals surface area contributed by atoms with Crippen LogP contribution in [0.4, 0.5) is 5.13 Å². The van der Waals surface area contributed by atoms with Crippen LogP contribution in [0.1, 0.15) is 38.5 Å². The van der Waals surface area contributed by atoms with Gasteiger partial charge in [-0.2, -0.15) is 0 Å². The maximum atomic E-state index is 4.60. The van der Waals surface area contributed by atoms with Gasteiger partial charge in [0.25, 0.3) is 0 Å². The van der Waals surface area contributed by atoms with Gasteiger partial charge in [0.05, 0.1) is 0 Å². The minimum absolute atomic E-state index is 0.161. The molecule has 20 heavy (non-hydrogen) atoms. The van der Waals surface area contributed by atoms with Crippen molar-refractivity contribution in [3.05, 3.63) is 11.1 Å². The molecule has 114 valence electrons. The van der Waals surface area contributed by atoms with Crippen molar-refractivity contribution in [3.63, 3.8) is 0 Å². The van der Waals surface area contributed by atoms with Gasteiger partial charge in [-0.1, -0.05) is 0 Å². The molecular formula is C15H28N4S. The van der Waals surface area contributed by atoms with Gasteiger partial charge in [0.1, 0.15) is 0 Å². The minimum Gasteiger partial charge on any atom is -0.348 e. The third kappa shape index (κ3) is 4.43. The lowest BCUT2D eigenvalue weighted by Gasteiger charge is -2.35. The summed E-state index contributed by atoms with van der Waals surface area (Å²) >= 11 is 1.83. The van der Waals surface area contributed by atoms with E-state index >= 15 is 0 Å². The van der Waals surface area contributed by atoms with Crippen LogP contribution in [-0.4, -0.2) is 48.6 Å². The maximum Gasteiger partial charge on any atom is 0.185 e. The Balaban J connectivity index is 1.87. The zero-order valence-corrected chi connectivity index (χ0v) is 14.3. The first-order valence-electron chi connectivity index (χ1n) is 7.46. The second-order valence-electron chi connectivity index (χ2n) is 6.89. The average molecular weight is 296 g/mol. The standard InChI is InChI=1S/C15H28N4S/c1-15(2,3)17-11-13-10-16-14(20-13)19-8-6-12(7-9-19)18(4)5/h10,12,17H,6-9,11H2,1-5H3. The Hall–Kier alpha value is -0.650. The second-order valence-corrected chi connectivity index (χ2v) is 7.99. The fraction of sp³-hybridized carbons (Fsp3) is 0.800. The lowest BCUT2D eigenvalue weighted by Crippen LogP contribution is -2.41. The van der Waals surface area contributed by atoms with E-state index < -0.39 is 0 Å². The van der Waals surface area contributed by atoms with Crippen molar-refractivity contribution in [2.24, 2.45) is 0 Å². The Labute approximate surface area is 127 Å².